The number of rotatable bonds is 2. The fourth-order valence-corrected chi connectivity index (χ4v) is 4.39. The Labute approximate surface area is 173 Å². The lowest BCUT2D eigenvalue weighted by Gasteiger charge is -2.35. The monoisotopic (exact) mass is 399 g/mol. The van der Waals surface area contributed by atoms with Crippen molar-refractivity contribution in [2.45, 2.75) is 12.5 Å². The summed E-state index contributed by atoms with van der Waals surface area (Å²) in [5.74, 6) is 0.0635. The fraction of sp³-hybridized carbons (Fsp3) is 0.160. The minimum Gasteiger partial charge on any atom is -0.507 e. The minimum atomic E-state index is -0.354. The summed E-state index contributed by atoms with van der Waals surface area (Å²) in [6, 6.07) is 19.7. The third-order valence-corrected chi connectivity index (χ3v) is 5.87. The largest absolute Gasteiger partial charge is 0.507 e. The van der Waals surface area contributed by atoms with Gasteiger partial charge in [-0.1, -0.05) is 54.6 Å². The Balaban J connectivity index is 1.74. The van der Waals surface area contributed by atoms with E-state index in [9.17, 15) is 15.0 Å². The Morgan fingerprint density at radius 2 is 1.73 bits per heavy atom. The molecular formula is C25H21NO4. The first-order chi connectivity index (χ1) is 14.5. The van der Waals surface area contributed by atoms with E-state index < -0.39 is 0 Å². The Kier molecular flexibility index (Phi) is 4.33. The summed E-state index contributed by atoms with van der Waals surface area (Å²) in [5.41, 5.74) is 3.08. The number of likely N-dealkylation sites (N-methyl/N-ethyl adjacent to an activating group) is 1. The van der Waals surface area contributed by atoms with Crippen LogP contribution in [0.25, 0.3) is 22.3 Å². The third-order valence-electron chi connectivity index (χ3n) is 5.87. The van der Waals surface area contributed by atoms with Gasteiger partial charge in [0.2, 0.25) is 0 Å². The van der Waals surface area contributed by atoms with Crippen molar-refractivity contribution < 1.29 is 14.6 Å². The molecule has 1 aliphatic heterocycles. The second kappa shape index (κ2) is 7.04. The van der Waals surface area contributed by atoms with Gasteiger partial charge in [0.1, 0.15) is 28.2 Å². The predicted octanol–water partition coefficient (Wildman–Crippen LogP) is 4.45. The van der Waals surface area contributed by atoms with Crippen LogP contribution in [0.4, 0.5) is 0 Å². The maximum Gasteiger partial charge on any atom is 0.197 e. The van der Waals surface area contributed by atoms with Crippen molar-refractivity contribution in [2.75, 3.05) is 13.6 Å². The predicted molar refractivity (Wildman–Crippen MR) is 116 cm³/mol. The third kappa shape index (κ3) is 2.86. The highest BCUT2D eigenvalue weighted by Crippen LogP contribution is 2.45. The smallest absolute Gasteiger partial charge is 0.197 e. The molecule has 2 heterocycles. The van der Waals surface area contributed by atoms with Crippen LogP contribution in [-0.2, 0) is 6.42 Å². The topological polar surface area (TPSA) is 73.9 Å². The number of hydrogen-bond donors (Lipinski definition) is 2. The van der Waals surface area contributed by atoms with Gasteiger partial charge in [-0.2, -0.15) is 0 Å². The zero-order chi connectivity index (χ0) is 20.8. The summed E-state index contributed by atoms with van der Waals surface area (Å²) < 4.78 is 5.90. The molecule has 0 saturated carbocycles. The van der Waals surface area contributed by atoms with Crippen LogP contribution in [0.15, 0.2) is 75.9 Å². The van der Waals surface area contributed by atoms with Gasteiger partial charge < -0.3 is 14.6 Å². The van der Waals surface area contributed by atoms with Crippen LogP contribution in [-0.4, -0.2) is 28.7 Å². The molecule has 5 rings (SSSR count). The highest BCUT2D eigenvalue weighted by molar-refractivity contribution is 5.88. The first-order valence-electron chi connectivity index (χ1n) is 9.90. The lowest BCUT2D eigenvalue weighted by Crippen LogP contribution is -2.33. The standard InChI is InChI=1S/C25H21NO4/c1-26-12-11-15-7-5-6-10-17(15)24(26)23-19(28)14-21-22(25(23)29)18(27)13-20(30-21)16-8-3-2-4-9-16/h2-10,13-14,24,28-29H,11-12H2,1H3. The molecule has 0 saturated heterocycles. The molecule has 2 N–H and O–H groups in total. The van der Waals surface area contributed by atoms with Crippen molar-refractivity contribution in [3.63, 3.8) is 0 Å². The Morgan fingerprint density at radius 1 is 1.00 bits per heavy atom. The van der Waals surface area contributed by atoms with Gasteiger partial charge in [-0.3, -0.25) is 9.69 Å². The molecule has 0 amide bonds. The van der Waals surface area contributed by atoms with Gasteiger partial charge >= 0.3 is 0 Å². The molecule has 5 heteroatoms. The maximum absolute atomic E-state index is 13.0. The van der Waals surface area contributed by atoms with Gasteiger partial charge in [-0.15, -0.1) is 0 Å². The van der Waals surface area contributed by atoms with Gasteiger partial charge in [0.25, 0.3) is 0 Å². The summed E-state index contributed by atoms with van der Waals surface area (Å²) in [4.78, 5) is 15.0. The highest BCUT2D eigenvalue weighted by atomic mass is 16.3. The molecule has 0 fully saturated rings. The molecular weight excluding hydrogens is 378 g/mol. The molecule has 0 aliphatic carbocycles. The zero-order valence-corrected chi connectivity index (χ0v) is 16.5. The molecule has 1 atom stereocenters. The number of fused-ring (bicyclic) bond motifs is 2. The van der Waals surface area contributed by atoms with E-state index in [1.54, 1.807) is 0 Å². The summed E-state index contributed by atoms with van der Waals surface area (Å²) >= 11 is 0. The van der Waals surface area contributed by atoms with Crippen LogP contribution in [0.3, 0.4) is 0 Å². The first-order valence-corrected chi connectivity index (χ1v) is 9.90. The summed E-state index contributed by atoms with van der Waals surface area (Å²) in [5, 5.41) is 22.1. The molecule has 0 bridgehead atoms. The Bertz CT molecular complexity index is 1310. The molecule has 30 heavy (non-hydrogen) atoms. The van der Waals surface area contributed by atoms with Crippen LogP contribution in [0.1, 0.15) is 22.7 Å². The van der Waals surface area contributed by atoms with E-state index in [0.29, 0.717) is 11.3 Å². The van der Waals surface area contributed by atoms with E-state index in [0.717, 1.165) is 24.1 Å². The van der Waals surface area contributed by atoms with Crippen LogP contribution < -0.4 is 5.43 Å². The molecule has 5 nitrogen and oxygen atoms in total. The van der Waals surface area contributed by atoms with E-state index in [2.05, 4.69) is 11.0 Å². The number of nitrogens with zero attached hydrogens (tertiary/aromatic N) is 1. The van der Waals surface area contributed by atoms with Crippen molar-refractivity contribution >= 4 is 11.0 Å². The molecule has 1 aromatic heterocycles. The number of phenolic OH excluding ortho intramolecular Hbond substituents is 2. The average Bonchev–Trinajstić information content (AvgIpc) is 2.75. The first kappa shape index (κ1) is 18.5. The highest BCUT2D eigenvalue weighted by Gasteiger charge is 2.32. The van der Waals surface area contributed by atoms with Crippen LogP contribution in [0.2, 0.25) is 0 Å². The Morgan fingerprint density at radius 3 is 2.53 bits per heavy atom. The fourth-order valence-electron chi connectivity index (χ4n) is 4.39. The SMILES string of the molecule is CN1CCc2ccccc2C1c1c(O)cc2oc(-c3ccccc3)cc(=O)c2c1O. The molecule has 3 aromatic carbocycles. The van der Waals surface area contributed by atoms with E-state index in [1.807, 2.05) is 55.6 Å². The van der Waals surface area contributed by atoms with Crippen molar-refractivity contribution in [3.05, 3.63) is 93.6 Å². The van der Waals surface area contributed by atoms with Crippen molar-refractivity contribution in [1.82, 2.24) is 4.90 Å². The van der Waals surface area contributed by atoms with Gasteiger partial charge in [0, 0.05) is 24.2 Å². The molecule has 1 unspecified atom stereocenters. The van der Waals surface area contributed by atoms with Crippen LogP contribution in [0, 0.1) is 0 Å². The summed E-state index contributed by atoms with van der Waals surface area (Å²) in [6.45, 7) is 0.778. The lowest BCUT2D eigenvalue weighted by atomic mass is 9.87. The maximum atomic E-state index is 13.0. The van der Waals surface area contributed by atoms with Crippen molar-refractivity contribution in [2.24, 2.45) is 0 Å². The van der Waals surface area contributed by atoms with Gasteiger partial charge in [0.05, 0.1) is 11.6 Å². The summed E-state index contributed by atoms with van der Waals surface area (Å²) in [6.07, 6.45) is 0.890. The number of aromatic hydroxyl groups is 2. The molecule has 0 spiro atoms. The normalized spacial score (nSPS) is 16.5. The molecule has 150 valence electrons. The minimum absolute atomic E-state index is 0.0823. The van der Waals surface area contributed by atoms with Crippen LogP contribution >= 0.6 is 0 Å². The van der Waals surface area contributed by atoms with E-state index in [4.69, 9.17) is 4.42 Å². The second-order valence-electron chi connectivity index (χ2n) is 7.70. The number of hydrogen-bond acceptors (Lipinski definition) is 5. The number of benzene rings is 3. The van der Waals surface area contributed by atoms with E-state index >= 15 is 0 Å². The molecule has 1 aliphatic rings. The average molecular weight is 399 g/mol. The molecule has 0 radical (unpaired) electrons. The van der Waals surface area contributed by atoms with Crippen molar-refractivity contribution in [1.29, 1.82) is 0 Å². The lowest BCUT2D eigenvalue weighted by molar-refractivity contribution is 0.254. The van der Waals surface area contributed by atoms with Gasteiger partial charge in [0.15, 0.2) is 5.43 Å². The van der Waals surface area contributed by atoms with Crippen LogP contribution in [0.5, 0.6) is 11.5 Å². The van der Waals surface area contributed by atoms with Gasteiger partial charge in [-0.25, -0.2) is 0 Å². The second-order valence-corrected chi connectivity index (χ2v) is 7.70. The van der Waals surface area contributed by atoms with Crippen molar-refractivity contribution in [3.8, 4) is 22.8 Å². The van der Waals surface area contributed by atoms with Gasteiger partial charge in [-0.05, 0) is 24.6 Å². The zero-order valence-electron chi connectivity index (χ0n) is 16.5. The van der Waals surface area contributed by atoms with E-state index in [-0.39, 0.29) is 33.9 Å². The summed E-state index contributed by atoms with van der Waals surface area (Å²) in [7, 11) is 1.95. The quantitative estimate of drug-likeness (QED) is 0.521. The molecule has 4 aromatic rings. The van der Waals surface area contributed by atoms with E-state index in [1.165, 1.54) is 17.7 Å². The Hall–Kier alpha value is -3.57. The number of phenols is 2.